The molecule has 0 heterocycles. The number of rotatable bonds is 3. The van der Waals surface area contributed by atoms with Crippen LogP contribution < -0.4 is 0 Å². The fourth-order valence-electron chi connectivity index (χ4n) is 0.232. The van der Waals surface area contributed by atoms with Crippen molar-refractivity contribution in [3.63, 3.8) is 0 Å². The maximum Gasteiger partial charge on any atom is 0.145 e. The standard InChI is InChI=1S/C6H10O3/c1-5(9)6(2,3-7)4-8/h3,8H,4H2,1-2H3. The van der Waals surface area contributed by atoms with E-state index in [1.54, 1.807) is 0 Å². The molecule has 0 aromatic heterocycles. The highest BCUT2D eigenvalue weighted by atomic mass is 16.3. The third-order valence-corrected chi connectivity index (χ3v) is 1.39. The average Bonchev–Trinajstić information content (AvgIpc) is 1.86. The average molecular weight is 130 g/mol. The topological polar surface area (TPSA) is 54.4 Å². The lowest BCUT2D eigenvalue weighted by atomic mass is 9.90. The van der Waals surface area contributed by atoms with E-state index in [0.717, 1.165) is 0 Å². The van der Waals surface area contributed by atoms with Gasteiger partial charge in [0.25, 0.3) is 0 Å². The molecule has 0 saturated heterocycles. The van der Waals surface area contributed by atoms with E-state index in [-0.39, 0.29) is 5.78 Å². The summed E-state index contributed by atoms with van der Waals surface area (Å²) < 4.78 is 0. The molecule has 0 spiro atoms. The Morgan fingerprint density at radius 2 is 2.22 bits per heavy atom. The van der Waals surface area contributed by atoms with E-state index in [2.05, 4.69) is 0 Å². The fraction of sp³-hybridized carbons (Fsp3) is 0.667. The molecule has 0 aromatic rings. The zero-order chi connectivity index (χ0) is 7.49. The van der Waals surface area contributed by atoms with E-state index in [9.17, 15) is 9.59 Å². The zero-order valence-corrected chi connectivity index (χ0v) is 5.55. The molecule has 0 aliphatic rings. The maximum absolute atomic E-state index is 10.5. The van der Waals surface area contributed by atoms with Gasteiger partial charge in [0.1, 0.15) is 17.5 Å². The van der Waals surface area contributed by atoms with Crippen molar-refractivity contribution in [3.8, 4) is 0 Å². The third-order valence-electron chi connectivity index (χ3n) is 1.39. The summed E-state index contributed by atoms with van der Waals surface area (Å²) in [5, 5.41) is 8.50. The molecule has 0 radical (unpaired) electrons. The van der Waals surface area contributed by atoms with Crippen LogP contribution in [-0.4, -0.2) is 23.8 Å². The predicted octanol–water partition coefficient (Wildman–Crippen LogP) is -0.227. The summed E-state index contributed by atoms with van der Waals surface area (Å²) >= 11 is 0. The summed E-state index contributed by atoms with van der Waals surface area (Å²) in [6.45, 7) is 2.28. The number of aldehydes is 1. The Morgan fingerprint density at radius 3 is 2.22 bits per heavy atom. The molecule has 3 heteroatoms. The van der Waals surface area contributed by atoms with E-state index in [1.807, 2.05) is 0 Å². The highest BCUT2D eigenvalue weighted by Gasteiger charge is 2.27. The molecule has 0 amide bonds. The smallest absolute Gasteiger partial charge is 0.145 e. The van der Waals surface area contributed by atoms with Gasteiger partial charge in [-0.05, 0) is 13.8 Å². The summed E-state index contributed by atoms with van der Waals surface area (Å²) in [5.41, 5.74) is -1.18. The molecule has 0 aliphatic carbocycles. The first-order valence-electron chi connectivity index (χ1n) is 2.65. The molecule has 1 unspecified atom stereocenters. The van der Waals surface area contributed by atoms with E-state index < -0.39 is 12.0 Å². The Kier molecular flexibility index (Phi) is 2.52. The molecule has 0 rings (SSSR count). The second-order valence-corrected chi connectivity index (χ2v) is 2.25. The molecule has 0 saturated carbocycles. The Balaban J connectivity index is 4.27. The van der Waals surface area contributed by atoms with Gasteiger partial charge in [0, 0.05) is 0 Å². The second-order valence-electron chi connectivity index (χ2n) is 2.25. The maximum atomic E-state index is 10.5. The number of carbonyl (C=O) groups excluding carboxylic acids is 2. The Labute approximate surface area is 53.7 Å². The van der Waals surface area contributed by atoms with E-state index in [1.165, 1.54) is 13.8 Å². The molecule has 9 heavy (non-hydrogen) atoms. The van der Waals surface area contributed by atoms with Gasteiger partial charge in [0.2, 0.25) is 0 Å². The van der Waals surface area contributed by atoms with Crippen molar-refractivity contribution in [1.82, 2.24) is 0 Å². The van der Waals surface area contributed by atoms with Crippen LogP contribution >= 0.6 is 0 Å². The van der Waals surface area contributed by atoms with Gasteiger partial charge >= 0.3 is 0 Å². The van der Waals surface area contributed by atoms with Crippen LogP contribution in [0.15, 0.2) is 0 Å². The first-order valence-corrected chi connectivity index (χ1v) is 2.65. The quantitative estimate of drug-likeness (QED) is 0.424. The number of ketones is 1. The molecule has 52 valence electrons. The Bertz CT molecular complexity index is 130. The summed E-state index contributed by atoms with van der Waals surface area (Å²) in [5.74, 6) is -0.306. The number of hydrogen-bond donors (Lipinski definition) is 1. The van der Waals surface area contributed by atoms with Crippen molar-refractivity contribution in [2.75, 3.05) is 6.61 Å². The summed E-state index contributed by atoms with van der Waals surface area (Å²) in [6.07, 6.45) is 0.468. The van der Waals surface area contributed by atoms with Gasteiger partial charge in [-0.1, -0.05) is 0 Å². The number of Topliss-reactive ketones (excluding diaryl/α,β-unsaturated/α-hetero) is 1. The molecule has 0 fully saturated rings. The molecular formula is C6H10O3. The third kappa shape index (κ3) is 1.61. The van der Waals surface area contributed by atoms with Crippen molar-refractivity contribution in [3.05, 3.63) is 0 Å². The first-order chi connectivity index (χ1) is 4.06. The van der Waals surface area contributed by atoms with Crippen LogP contribution in [-0.2, 0) is 9.59 Å². The van der Waals surface area contributed by atoms with E-state index >= 15 is 0 Å². The van der Waals surface area contributed by atoms with Gasteiger partial charge < -0.3 is 9.90 Å². The molecular weight excluding hydrogens is 120 g/mol. The van der Waals surface area contributed by atoms with Crippen LogP contribution in [0.1, 0.15) is 13.8 Å². The second kappa shape index (κ2) is 2.73. The van der Waals surface area contributed by atoms with Crippen LogP contribution in [0.25, 0.3) is 0 Å². The van der Waals surface area contributed by atoms with Crippen LogP contribution in [0, 0.1) is 5.41 Å². The van der Waals surface area contributed by atoms with Gasteiger partial charge in [-0.25, -0.2) is 0 Å². The summed E-state index contributed by atoms with van der Waals surface area (Å²) in [4.78, 5) is 20.7. The lowest BCUT2D eigenvalue weighted by Gasteiger charge is -2.14. The van der Waals surface area contributed by atoms with Crippen LogP contribution in [0.3, 0.4) is 0 Å². The number of hydrogen-bond acceptors (Lipinski definition) is 3. The minimum Gasteiger partial charge on any atom is -0.395 e. The van der Waals surface area contributed by atoms with Crippen molar-refractivity contribution in [1.29, 1.82) is 0 Å². The van der Waals surface area contributed by atoms with Crippen molar-refractivity contribution >= 4 is 12.1 Å². The van der Waals surface area contributed by atoms with Crippen LogP contribution in [0.2, 0.25) is 0 Å². The zero-order valence-electron chi connectivity index (χ0n) is 5.55. The van der Waals surface area contributed by atoms with Crippen molar-refractivity contribution in [2.24, 2.45) is 5.41 Å². The molecule has 1 atom stereocenters. The summed E-state index contributed by atoms with van der Waals surface area (Å²) in [7, 11) is 0. The lowest BCUT2D eigenvalue weighted by Crippen LogP contribution is -2.31. The minimum absolute atomic E-state index is 0.306. The van der Waals surface area contributed by atoms with Crippen LogP contribution in [0.4, 0.5) is 0 Å². The van der Waals surface area contributed by atoms with E-state index in [0.29, 0.717) is 6.29 Å². The highest BCUT2D eigenvalue weighted by Crippen LogP contribution is 2.11. The van der Waals surface area contributed by atoms with Crippen molar-refractivity contribution < 1.29 is 14.7 Å². The number of aliphatic hydroxyl groups excluding tert-OH is 1. The fourth-order valence-corrected chi connectivity index (χ4v) is 0.232. The number of aliphatic hydroxyl groups is 1. The molecule has 1 N–H and O–H groups in total. The SMILES string of the molecule is CC(=O)C(C)(C=O)CO. The van der Waals surface area contributed by atoms with Gasteiger partial charge in [-0.2, -0.15) is 0 Å². The molecule has 0 bridgehead atoms. The number of carbonyl (C=O) groups is 2. The van der Waals surface area contributed by atoms with Gasteiger partial charge in [-0.15, -0.1) is 0 Å². The predicted molar refractivity (Wildman–Crippen MR) is 31.9 cm³/mol. The van der Waals surface area contributed by atoms with Gasteiger partial charge in [0.05, 0.1) is 6.61 Å². The normalized spacial score (nSPS) is 16.3. The molecule has 0 aliphatic heterocycles. The largest absolute Gasteiger partial charge is 0.395 e. The van der Waals surface area contributed by atoms with Gasteiger partial charge in [0.15, 0.2) is 0 Å². The minimum atomic E-state index is -1.18. The van der Waals surface area contributed by atoms with Crippen LogP contribution in [0.5, 0.6) is 0 Å². The molecule has 3 nitrogen and oxygen atoms in total. The Morgan fingerprint density at radius 1 is 1.78 bits per heavy atom. The first kappa shape index (κ1) is 8.30. The highest BCUT2D eigenvalue weighted by molar-refractivity contribution is 5.96. The van der Waals surface area contributed by atoms with Gasteiger partial charge in [-0.3, -0.25) is 4.79 Å². The van der Waals surface area contributed by atoms with E-state index in [4.69, 9.17) is 5.11 Å². The van der Waals surface area contributed by atoms with Crippen molar-refractivity contribution in [2.45, 2.75) is 13.8 Å². The Hall–Kier alpha value is -0.700. The monoisotopic (exact) mass is 130 g/mol. The summed E-state index contributed by atoms with van der Waals surface area (Å²) in [6, 6.07) is 0. The molecule has 0 aromatic carbocycles. The lowest BCUT2D eigenvalue weighted by molar-refractivity contribution is -0.134.